The van der Waals surface area contributed by atoms with E-state index in [9.17, 15) is 14.7 Å². The first-order valence-corrected chi connectivity index (χ1v) is 8.58. The minimum atomic E-state index is -0.897. The van der Waals surface area contributed by atoms with Crippen molar-refractivity contribution in [2.24, 2.45) is 5.92 Å². The first kappa shape index (κ1) is 21.0. The number of hydrogen-bond donors (Lipinski definition) is 3. The zero-order valence-electron chi connectivity index (χ0n) is 15.7. The minimum Gasteiger partial charge on any atom is -0.480 e. The Balaban J connectivity index is 2.76. The van der Waals surface area contributed by atoms with E-state index in [0.29, 0.717) is 13.0 Å². The highest BCUT2D eigenvalue weighted by atomic mass is 16.6. The average Bonchev–Trinajstić information content (AvgIpc) is 2.45. The molecule has 0 radical (unpaired) electrons. The Hall–Kier alpha value is -2.08. The fourth-order valence-electron chi connectivity index (χ4n) is 2.42. The second-order valence-corrected chi connectivity index (χ2v) is 7.50. The Bertz CT molecular complexity index is 552. The van der Waals surface area contributed by atoms with Crippen LogP contribution in [0.2, 0.25) is 0 Å². The van der Waals surface area contributed by atoms with Gasteiger partial charge in [0.1, 0.15) is 11.6 Å². The zero-order chi connectivity index (χ0) is 19.0. The lowest BCUT2D eigenvalue weighted by Crippen LogP contribution is -2.50. The molecule has 1 aromatic carbocycles. The van der Waals surface area contributed by atoms with Gasteiger partial charge in [-0.25, -0.2) is 4.79 Å². The Labute approximate surface area is 150 Å². The number of benzene rings is 1. The maximum atomic E-state index is 12.1. The Morgan fingerprint density at radius 2 is 1.76 bits per heavy atom. The molecule has 6 nitrogen and oxygen atoms in total. The van der Waals surface area contributed by atoms with Gasteiger partial charge in [-0.15, -0.1) is 0 Å². The van der Waals surface area contributed by atoms with Crippen LogP contribution in [-0.2, 0) is 16.0 Å². The van der Waals surface area contributed by atoms with Gasteiger partial charge in [-0.05, 0) is 38.7 Å². The van der Waals surface area contributed by atoms with Gasteiger partial charge in [0.2, 0.25) is 0 Å². The quantitative estimate of drug-likeness (QED) is 0.671. The van der Waals surface area contributed by atoms with Crippen molar-refractivity contribution in [3.05, 3.63) is 35.9 Å². The van der Waals surface area contributed by atoms with Crippen LogP contribution in [0.25, 0.3) is 0 Å². The molecule has 0 aliphatic carbocycles. The van der Waals surface area contributed by atoms with E-state index in [1.807, 2.05) is 44.2 Å². The van der Waals surface area contributed by atoms with Crippen LogP contribution in [0, 0.1) is 5.92 Å². The van der Waals surface area contributed by atoms with Crippen molar-refractivity contribution in [1.29, 1.82) is 0 Å². The largest absolute Gasteiger partial charge is 0.480 e. The molecule has 6 heteroatoms. The topological polar surface area (TPSA) is 87.7 Å². The molecule has 0 bridgehead atoms. The highest BCUT2D eigenvalue weighted by Gasteiger charge is 2.24. The highest BCUT2D eigenvalue weighted by Crippen LogP contribution is 2.09. The van der Waals surface area contributed by atoms with E-state index in [2.05, 4.69) is 10.6 Å². The molecule has 2 atom stereocenters. The normalized spacial score (nSPS) is 14.0. The van der Waals surface area contributed by atoms with E-state index in [1.54, 1.807) is 20.8 Å². The fourth-order valence-corrected chi connectivity index (χ4v) is 2.42. The summed E-state index contributed by atoms with van der Waals surface area (Å²) >= 11 is 0. The van der Waals surface area contributed by atoms with Gasteiger partial charge in [0, 0.05) is 12.6 Å². The molecule has 0 saturated heterocycles. The van der Waals surface area contributed by atoms with Crippen molar-refractivity contribution in [3.63, 3.8) is 0 Å². The summed E-state index contributed by atoms with van der Waals surface area (Å²) in [5.41, 5.74) is 0.470. The monoisotopic (exact) mass is 350 g/mol. The number of nitrogens with one attached hydrogen (secondary N) is 2. The molecular weight excluding hydrogens is 320 g/mol. The Kier molecular flexibility index (Phi) is 7.90. The molecule has 0 fully saturated rings. The number of ether oxygens (including phenoxy) is 1. The summed E-state index contributed by atoms with van der Waals surface area (Å²) < 4.78 is 5.31. The van der Waals surface area contributed by atoms with Crippen LogP contribution in [0.1, 0.15) is 40.2 Å². The number of carbonyl (C=O) groups excluding carboxylic acids is 1. The maximum Gasteiger partial charge on any atom is 0.407 e. The van der Waals surface area contributed by atoms with E-state index in [4.69, 9.17) is 4.74 Å². The predicted octanol–water partition coefficient (Wildman–Crippen LogP) is 2.82. The SMILES string of the molecule is CC(C)[C@H](NC[C@@H](Cc1ccccc1)NC(=O)OC(C)(C)C)C(=O)O. The summed E-state index contributed by atoms with van der Waals surface area (Å²) in [4.78, 5) is 23.4. The molecule has 0 spiro atoms. The van der Waals surface area contributed by atoms with Crippen LogP contribution >= 0.6 is 0 Å². The predicted molar refractivity (Wildman–Crippen MR) is 97.6 cm³/mol. The lowest BCUT2D eigenvalue weighted by molar-refractivity contribution is -0.140. The molecule has 0 aromatic heterocycles. The number of alkyl carbamates (subject to hydrolysis) is 1. The first-order valence-electron chi connectivity index (χ1n) is 8.58. The lowest BCUT2D eigenvalue weighted by atomic mass is 10.0. The molecule has 1 amide bonds. The van der Waals surface area contributed by atoms with Gasteiger partial charge >= 0.3 is 12.1 Å². The van der Waals surface area contributed by atoms with Gasteiger partial charge in [-0.3, -0.25) is 4.79 Å². The van der Waals surface area contributed by atoms with Gasteiger partial charge in [0.15, 0.2) is 0 Å². The van der Waals surface area contributed by atoms with Crippen molar-refractivity contribution < 1.29 is 19.4 Å². The van der Waals surface area contributed by atoms with Gasteiger partial charge < -0.3 is 20.5 Å². The number of carbonyl (C=O) groups is 2. The van der Waals surface area contributed by atoms with Crippen LogP contribution in [0.15, 0.2) is 30.3 Å². The van der Waals surface area contributed by atoms with Gasteiger partial charge in [0.05, 0.1) is 0 Å². The summed E-state index contributed by atoms with van der Waals surface area (Å²) in [6.07, 6.45) is 0.0731. The van der Waals surface area contributed by atoms with Crippen LogP contribution < -0.4 is 10.6 Å². The molecule has 140 valence electrons. The van der Waals surface area contributed by atoms with Crippen LogP contribution in [0.4, 0.5) is 4.79 Å². The summed E-state index contributed by atoms with van der Waals surface area (Å²) in [5.74, 6) is -0.956. The van der Waals surface area contributed by atoms with Crippen molar-refractivity contribution in [1.82, 2.24) is 10.6 Å². The summed E-state index contributed by atoms with van der Waals surface area (Å²) in [5, 5.41) is 15.2. The minimum absolute atomic E-state index is 0.0589. The molecule has 0 heterocycles. The Morgan fingerprint density at radius 3 is 2.24 bits per heavy atom. The average molecular weight is 350 g/mol. The number of rotatable bonds is 8. The van der Waals surface area contributed by atoms with Crippen molar-refractivity contribution >= 4 is 12.1 Å². The number of carboxylic acids is 1. The maximum absolute atomic E-state index is 12.1. The third-order valence-corrected chi connectivity index (χ3v) is 3.56. The standard InChI is InChI=1S/C19H30N2O4/c1-13(2)16(17(22)23)20-12-15(11-14-9-7-6-8-10-14)21-18(24)25-19(3,4)5/h6-10,13,15-16,20H,11-12H2,1-5H3,(H,21,24)(H,22,23)/t15-,16+/m1/s1. The summed E-state index contributed by atoms with van der Waals surface area (Å²) in [6, 6.07) is 8.79. The highest BCUT2D eigenvalue weighted by molar-refractivity contribution is 5.73. The number of aliphatic carboxylic acids is 1. The second-order valence-electron chi connectivity index (χ2n) is 7.50. The van der Waals surface area contributed by atoms with Crippen molar-refractivity contribution in [2.75, 3.05) is 6.54 Å². The molecule has 1 aromatic rings. The van der Waals surface area contributed by atoms with E-state index in [-0.39, 0.29) is 12.0 Å². The molecule has 1 rings (SSSR count). The van der Waals surface area contributed by atoms with Crippen molar-refractivity contribution in [2.45, 2.75) is 58.7 Å². The molecular formula is C19H30N2O4. The third-order valence-electron chi connectivity index (χ3n) is 3.56. The molecule has 25 heavy (non-hydrogen) atoms. The molecule has 3 N–H and O–H groups in total. The summed E-state index contributed by atoms with van der Waals surface area (Å²) in [6.45, 7) is 9.44. The van der Waals surface area contributed by atoms with Crippen molar-refractivity contribution in [3.8, 4) is 0 Å². The Morgan fingerprint density at radius 1 is 1.16 bits per heavy atom. The third kappa shape index (κ3) is 8.54. The second kappa shape index (κ2) is 9.42. The van der Waals surface area contributed by atoms with Gasteiger partial charge in [0.25, 0.3) is 0 Å². The molecule has 0 saturated carbocycles. The van der Waals surface area contributed by atoms with E-state index in [0.717, 1.165) is 5.56 Å². The van der Waals surface area contributed by atoms with E-state index >= 15 is 0 Å². The number of hydrogen-bond acceptors (Lipinski definition) is 4. The molecule has 0 aliphatic rings. The molecule has 0 unspecified atom stereocenters. The number of amides is 1. The van der Waals surface area contributed by atoms with Crippen LogP contribution in [-0.4, -0.2) is 41.4 Å². The first-order chi connectivity index (χ1) is 11.6. The molecule has 0 aliphatic heterocycles. The smallest absolute Gasteiger partial charge is 0.407 e. The van der Waals surface area contributed by atoms with Crippen LogP contribution in [0.3, 0.4) is 0 Å². The zero-order valence-corrected chi connectivity index (χ0v) is 15.7. The van der Waals surface area contributed by atoms with E-state index < -0.39 is 23.7 Å². The van der Waals surface area contributed by atoms with Gasteiger partial charge in [-0.1, -0.05) is 44.2 Å². The number of carboxylic acid groups (broad SMARTS) is 1. The van der Waals surface area contributed by atoms with Crippen LogP contribution in [0.5, 0.6) is 0 Å². The van der Waals surface area contributed by atoms with E-state index in [1.165, 1.54) is 0 Å². The lowest BCUT2D eigenvalue weighted by Gasteiger charge is -2.26. The summed E-state index contributed by atoms with van der Waals surface area (Å²) in [7, 11) is 0. The van der Waals surface area contributed by atoms with Gasteiger partial charge in [-0.2, -0.15) is 0 Å². The fraction of sp³-hybridized carbons (Fsp3) is 0.579.